The van der Waals surface area contributed by atoms with Gasteiger partial charge in [0, 0.05) is 43.3 Å². The predicted molar refractivity (Wildman–Crippen MR) is 121 cm³/mol. The van der Waals surface area contributed by atoms with E-state index >= 15 is 0 Å². The number of carbonyl (C=O) groups is 2. The summed E-state index contributed by atoms with van der Waals surface area (Å²) in [5.74, 6) is -1.03. The van der Waals surface area contributed by atoms with Crippen LogP contribution in [-0.4, -0.2) is 78.7 Å². The highest BCUT2D eigenvalue weighted by molar-refractivity contribution is 7.92. The molecule has 0 N–H and O–H groups in total. The van der Waals surface area contributed by atoms with Crippen molar-refractivity contribution in [2.24, 2.45) is 0 Å². The Hall–Kier alpha value is -2.39. The Bertz CT molecular complexity index is 1090. The van der Waals surface area contributed by atoms with Crippen molar-refractivity contribution in [3.8, 4) is 0 Å². The van der Waals surface area contributed by atoms with E-state index in [0.717, 1.165) is 32.4 Å². The number of likely N-dealkylation sites (tertiary alicyclic amines) is 1. The van der Waals surface area contributed by atoms with Gasteiger partial charge in [-0.2, -0.15) is 0 Å². The van der Waals surface area contributed by atoms with E-state index in [2.05, 4.69) is 0 Å². The maximum atomic E-state index is 13.3. The number of para-hydroxylation sites is 1. The van der Waals surface area contributed by atoms with Crippen molar-refractivity contribution in [3.05, 3.63) is 30.5 Å². The first-order valence-electron chi connectivity index (χ1n) is 11.3. The molecule has 2 aliphatic heterocycles. The monoisotopic (exact) mass is 461 g/mol. The molecule has 2 fully saturated rings. The third-order valence-corrected chi connectivity index (χ3v) is 7.81. The number of hydrogen-bond acceptors (Lipinski definition) is 5. The summed E-state index contributed by atoms with van der Waals surface area (Å²) in [6.45, 7) is 6.08. The number of amides is 2. The summed E-state index contributed by atoms with van der Waals surface area (Å²) in [6, 6.07) is 7.13. The fourth-order valence-corrected chi connectivity index (χ4v) is 6.15. The van der Waals surface area contributed by atoms with E-state index in [1.807, 2.05) is 30.9 Å². The number of morpholine rings is 1. The molecule has 2 saturated heterocycles. The average Bonchev–Trinajstić information content (AvgIpc) is 3.13. The molecule has 2 amide bonds. The first kappa shape index (κ1) is 22.8. The van der Waals surface area contributed by atoms with Crippen LogP contribution in [0.4, 0.5) is 0 Å². The maximum Gasteiger partial charge on any atom is 0.242 e. The van der Waals surface area contributed by atoms with Crippen LogP contribution in [0, 0.1) is 0 Å². The van der Waals surface area contributed by atoms with E-state index in [1.54, 1.807) is 21.6 Å². The molecular weight excluding hydrogens is 430 g/mol. The van der Waals surface area contributed by atoms with Gasteiger partial charge in [0.05, 0.1) is 17.1 Å². The van der Waals surface area contributed by atoms with E-state index in [1.165, 1.54) is 6.20 Å². The Kier molecular flexibility index (Phi) is 6.57. The lowest BCUT2D eigenvalue weighted by atomic mass is 10.1. The van der Waals surface area contributed by atoms with Gasteiger partial charge in [-0.15, -0.1) is 0 Å². The van der Waals surface area contributed by atoms with Crippen LogP contribution >= 0.6 is 0 Å². The Balaban J connectivity index is 1.58. The van der Waals surface area contributed by atoms with Gasteiger partial charge < -0.3 is 19.1 Å². The number of rotatable bonds is 5. The third kappa shape index (κ3) is 4.83. The summed E-state index contributed by atoms with van der Waals surface area (Å²) in [7, 11) is -3.89. The number of piperidine rings is 1. The molecular formula is C23H31N3O5S. The number of nitrogens with zero attached hydrogens (tertiary/aromatic N) is 3. The smallest absolute Gasteiger partial charge is 0.242 e. The van der Waals surface area contributed by atoms with Crippen LogP contribution in [0.5, 0.6) is 0 Å². The first-order chi connectivity index (χ1) is 15.2. The largest absolute Gasteiger partial charge is 0.372 e. The van der Waals surface area contributed by atoms with E-state index in [9.17, 15) is 18.0 Å². The van der Waals surface area contributed by atoms with Gasteiger partial charge in [-0.1, -0.05) is 18.2 Å². The quantitative estimate of drug-likeness (QED) is 0.680. The highest BCUT2D eigenvalue weighted by Gasteiger charge is 2.31. The molecule has 2 aliphatic rings. The summed E-state index contributed by atoms with van der Waals surface area (Å²) in [4.78, 5) is 29.1. The van der Waals surface area contributed by atoms with E-state index in [-0.39, 0.29) is 29.6 Å². The highest BCUT2D eigenvalue weighted by Crippen LogP contribution is 2.27. The van der Waals surface area contributed by atoms with Crippen LogP contribution in [0.15, 0.2) is 35.4 Å². The summed E-state index contributed by atoms with van der Waals surface area (Å²) >= 11 is 0. The van der Waals surface area contributed by atoms with Crippen molar-refractivity contribution in [1.29, 1.82) is 0 Å². The Morgan fingerprint density at radius 3 is 2.31 bits per heavy atom. The molecule has 1 aromatic carbocycles. The lowest BCUT2D eigenvalue weighted by Gasteiger charge is -2.35. The minimum absolute atomic E-state index is 0.0123. The molecule has 32 heavy (non-hydrogen) atoms. The predicted octanol–water partition coefficient (Wildman–Crippen LogP) is 2.06. The van der Waals surface area contributed by atoms with Crippen LogP contribution in [-0.2, 0) is 30.7 Å². The molecule has 174 valence electrons. The summed E-state index contributed by atoms with van der Waals surface area (Å²) in [6.07, 6.45) is 4.38. The molecule has 0 spiro atoms. The zero-order valence-corrected chi connectivity index (χ0v) is 19.5. The van der Waals surface area contributed by atoms with Gasteiger partial charge in [0.2, 0.25) is 11.8 Å². The van der Waals surface area contributed by atoms with Gasteiger partial charge >= 0.3 is 0 Å². The fraction of sp³-hybridized carbons (Fsp3) is 0.565. The van der Waals surface area contributed by atoms with Gasteiger partial charge in [0.25, 0.3) is 0 Å². The van der Waals surface area contributed by atoms with Gasteiger partial charge in [-0.05, 0) is 39.2 Å². The van der Waals surface area contributed by atoms with Gasteiger partial charge in [0.1, 0.15) is 12.3 Å². The second kappa shape index (κ2) is 9.23. The molecule has 0 unspecified atom stereocenters. The molecule has 2 aromatic rings. The van der Waals surface area contributed by atoms with Crippen molar-refractivity contribution >= 4 is 32.6 Å². The standard InChI is InChI=1S/C23H31N3O5S/c1-17-12-26(13-18(2)31-17)23(28)16-32(29,30)21-14-25(20-9-5-4-8-19(20)21)15-22(27)24-10-6-3-7-11-24/h4-5,8-9,14,17-18H,3,6-7,10-13,15-16H2,1-2H3/t17-,18-/m0/s1. The molecule has 0 saturated carbocycles. The number of fused-ring (bicyclic) bond motifs is 1. The highest BCUT2D eigenvalue weighted by atomic mass is 32.2. The number of benzene rings is 1. The molecule has 0 bridgehead atoms. The average molecular weight is 462 g/mol. The first-order valence-corrected chi connectivity index (χ1v) is 12.9. The number of aromatic nitrogens is 1. The number of sulfone groups is 1. The van der Waals surface area contributed by atoms with Crippen LogP contribution in [0.25, 0.3) is 10.9 Å². The molecule has 0 aliphatic carbocycles. The SMILES string of the molecule is C[C@H]1CN(C(=O)CS(=O)(=O)c2cn(CC(=O)N3CCCCC3)c3ccccc23)C[C@H](C)O1. The second-order valence-electron chi connectivity index (χ2n) is 8.89. The zero-order chi connectivity index (χ0) is 22.9. The maximum absolute atomic E-state index is 13.3. The van der Waals surface area contributed by atoms with Crippen LogP contribution in [0.3, 0.4) is 0 Å². The summed E-state index contributed by atoms with van der Waals surface area (Å²) in [5.41, 5.74) is 0.678. The molecule has 0 radical (unpaired) electrons. The minimum atomic E-state index is -3.89. The lowest BCUT2D eigenvalue weighted by molar-refractivity contribution is -0.140. The molecule has 8 nitrogen and oxygen atoms in total. The van der Waals surface area contributed by atoms with Gasteiger partial charge in [-0.25, -0.2) is 8.42 Å². The topological polar surface area (TPSA) is 88.9 Å². The zero-order valence-electron chi connectivity index (χ0n) is 18.7. The van der Waals surface area contributed by atoms with E-state index in [4.69, 9.17) is 4.74 Å². The van der Waals surface area contributed by atoms with Gasteiger partial charge in [-0.3, -0.25) is 9.59 Å². The summed E-state index contributed by atoms with van der Waals surface area (Å²) in [5, 5.41) is 0.537. The molecule has 1 aromatic heterocycles. The third-order valence-electron chi connectivity index (χ3n) is 6.19. The Labute approximate surface area is 189 Å². The normalized spacial score (nSPS) is 22.3. The number of hydrogen-bond donors (Lipinski definition) is 0. The number of carbonyl (C=O) groups excluding carboxylic acids is 2. The molecule has 9 heteroatoms. The molecule has 2 atom stereocenters. The number of ether oxygens (including phenoxy) is 1. The van der Waals surface area contributed by atoms with Crippen molar-refractivity contribution < 1.29 is 22.7 Å². The van der Waals surface area contributed by atoms with Crippen molar-refractivity contribution in [2.45, 2.75) is 56.8 Å². The lowest BCUT2D eigenvalue weighted by Crippen LogP contribution is -2.49. The second-order valence-corrected chi connectivity index (χ2v) is 10.9. The Morgan fingerprint density at radius 1 is 0.969 bits per heavy atom. The van der Waals surface area contributed by atoms with Crippen LogP contribution in [0.2, 0.25) is 0 Å². The van der Waals surface area contributed by atoms with Crippen LogP contribution < -0.4 is 0 Å². The van der Waals surface area contributed by atoms with Crippen molar-refractivity contribution in [2.75, 3.05) is 31.9 Å². The minimum Gasteiger partial charge on any atom is -0.372 e. The summed E-state index contributed by atoms with van der Waals surface area (Å²) < 4.78 is 33.9. The van der Waals surface area contributed by atoms with Crippen LogP contribution in [0.1, 0.15) is 33.1 Å². The van der Waals surface area contributed by atoms with E-state index < -0.39 is 21.5 Å². The van der Waals surface area contributed by atoms with Crippen molar-refractivity contribution in [3.63, 3.8) is 0 Å². The fourth-order valence-electron chi connectivity index (χ4n) is 4.69. The molecule has 4 rings (SSSR count). The Morgan fingerprint density at radius 2 is 1.62 bits per heavy atom. The van der Waals surface area contributed by atoms with Crippen molar-refractivity contribution in [1.82, 2.24) is 14.4 Å². The molecule has 3 heterocycles. The van der Waals surface area contributed by atoms with Gasteiger partial charge in [0.15, 0.2) is 9.84 Å². The van der Waals surface area contributed by atoms with E-state index in [0.29, 0.717) is 24.0 Å².